The zero-order valence-corrected chi connectivity index (χ0v) is 41.3. The smallest absolute Gasteiger partial charge is 0.100 e. The van der Waals surface area contributed by atoms with Gasteiger partial charge in [0.15, 0.2) is 0 Å². The SMILES string of the molecule is CCCCCCCCCCCCCCCCC[N+](CCCCCCCCCCCCCCCCC)(CCCCCCCCCCCCCCCCC)CCS(=O)(=O)[O-]. The molecule has 0 saturated carbocycles. The summed E-state index contributed by atoms with van der Waals surface area (Å²) in [6.45, 7) is 10.6. The molecule has 58 heavy (non-hydrogen) atoms. The summed E-state index contributed by atoms with van der Waals surface area (Å²) in [5.74, 6) is -0.191. The van der Waals surface area contributed by atoms with Gasteiger partial charge in [0.2, 0.25) is 0 Å². The van der Waals surface area contributed by atoms with Gasteiger partial charge in [0.05, 0.1) is 31.9 Å². The summed E-state index contributed by atoms with van der Waals surface area (Å²) in [4.78, 5) is 0. The number of nitrogens with zero attached hydrogens (tertiary/aromatic N) is 1. The molecule has 0 fully saturated rings. The highest BCUT2D eigenvalue weighted by atomic mass is 32.2. The number of hydrogen-bond donors (Lipinski definition) is 0. The van der Waals surface area contributed by atoms with Crippen molar-refractivity contribution in [1.29, 1.82) is 0 Å². The normalized spacial score (nSPS) is 12.3. The van der Waals surface area contributed by atoms with Crippen molar-refractivity contribution in [2.75, 3.05) is 31.9 Å². The Hall–Kier alpha value is -0.130. The third-order valence-corrected chi connectivity index (χ3v) is 14.2. The second-order valence-corrected chi connectivity index (χ2v) is 20.9. The van der Waals surface area contributed by atoms with Crippen LogP contribution in [-0.4, -0.2) is 49.4 Å². The number of hydrogen-bond acceptors (Lipinski definition) is 3. The van der Waals surface area contributed by atoms with Crippen LogP contribution in [0.25, 0.3) is 0 Å². The lowest BCUT2D eigenvalue weighted by atomic mass is 10.0. The summed E-state index contributed by atoms with van der Waals surface area (Å²) in [5, 5.41) is 0. The van der Waals surface area contributed by atoms with Gasteiger partial charge in [0.25, 0.3) is 0 Å². The van der Waals surface area contributed by atoms with Crippen molar-refractivity contribution in [3.8, 4) is 0 Å². The minimum Gasteiger partial charge on any atom is -0.748 e. The van der Waals surface area contributed by atoms with Gasteiger partial charge < -0.3 is 9.04 Å². The van der Waals surface area contributed by atoms with E-state index in [1.807, 2.05) is 0 Å². The predicted octanol–water partition coefficient (Wildman–Crippen LogP) is 18.0. The van der Waals surface area contributed by atoms with E-state index in [4.69, 9.17) is 0 Å². The Balaban J connectivity index is 4.63. The Labute approximate surface area is 367 Å². The summed E-state index contributed by atoms with van der Waals surface area (Å²) >= 11 is 0. The molecule has 0 unspecified atom stereocenters. The van der Waals surface area contributed by atoms with Crippen molar-refractivity contribution >= 4 is 10.1 Å². The first kappa shape index (κ1) is 57.9. The van der Waals surface area contributed by atoms with Gasteiger partial charge in [-0.05, 0) is 38.5 Å². The monoisotopic (exact) mass is 840 g/mol. The van der Waals surface area contributed by atoms with Gasteiger partial charge in [-0.25, -0.2) is 8.42 Å². The average molecular weight is 841 g/mol. The highest BCUT2D eigenvalue weighted by molar-refractivity contribution is 7.85. The van der Waals surface area contributed by atoms with Crippen LogP contribution < -0.4 is 0 Å². The van der Waals surface area contributed by atoms with Crippen LogP contribution >= 0.6 is 0 Å². The molecule has 0 aromatic carbocycles. The summed E-state index contributed by atoms with van der Waals surface area (Å²) in [6, 6.07) is 0. The average Bonchev–Trinajstić information content (AvgIpc) is 3.21. The van der Waals surface area contributed by atoms with E-state index in [9.17, 15) is 13.0 Å². The molecule has 0 aliphatic heterocycles. The minimum absolute atomic E-state index is 0.191. The maximum Gasteiger partial charge on any atom is 0.100 e. The standard InChI is InChI=1S/C53H109NO3S/c1-4-7-10-13-16-19-22-25-28-31-34-37-40-43-46-49-54(52-53-58(55,56)57,50-47-44-41-38-35-32-29-26-23-20-17-14-11-8-5-2)51-48-45-42-39-36-33-30-27-24-21-18-15-12-9-6-3/h4-53H2,1-3H3. The van der Waals surface area contributed by atoms with E-state index in [2.05, 4.69) is 20.8 Å². The maximum absolute atomic E-state index is 12.0. The first-order chi connectivity index (χ1) is 28.4. The van der Waals surface area contributed by atoms with Gasteiger partial charge >= 0.3 is 0 Å². The zero-order valence-electron chi connectivity index (χ0n) is 40.4. The second kappa shape index (κ2) is 46.4. The van der Waals surface area contributed by atoms with Crippen LogP contribution in [0.2, 0.25) is 0 Å². The van der Waals surface area contributed by atoms with E-state index in [1.54, 1.807) is 0 Å². The lowest BCUT2D eigenvalue weighted by Crippen LogP contribution is -2.52. The van der Waals surface area contributed by atoms with E-state index in [1.165, 1.54) is 289 Å². The fourth-order valence-electron chi connectivity index (χ4n) is 9.43. The van der Waals surface area contributed by atoms with Crippen molar-refractivity contribution in [3.63, 3.8) is 0 Å². The van der Waals surface area contributed by atoms with Crippen LogP contribution in [0.4, 0.5) is 0 Å². The van der Waals surface area contributed by atoms with Crippen LogP contribution in [-0.2, 0) is 10.1 Å². The van der Waals surface area contributed by atoms with E-state index in [-0.39, 0.29) is 5.75 Å². The third-order valence-electron chi connectivity index (χ3n) is 13.5. The molecule has 0 amide bonds. The van der Waals surface area contributed by atoms with Crippen LogP contribution in [0.3, 0.4) is 0 Å². The molecule has 0 heterocycles. The summed E-state index contributed by atoms with van der Waals surface area (Å²) < 4.78 is 36.7. The van der Waals surface area contributed by atoms with Crippen LogP contribution in [0.15, 0.2) is 0 Å². The third kappa shape index (κ3) is 45.4. The molecule has 4 nitrogen and oxygen atoms in total. The van der Waals surface area contributed by atoms with Crippen molar-refractivity contribution in [2.24, 2.45) is 0 Å². The van der Waals surface area contributed by atoms with E-state index in [0.717, 1.165) is 24.1 Å². The number of unbranched alkanes of at least 4 members (excludes halogenated alkanes) is 42. The maximum atomic E-state index is 12.0. The Morgan fingerprint density at radius 1 is 0.259 bits per heavy atom. The fraction of sp³-hybridized carbons (Fsp3) is 1.00. The zero-order chi connectivity index (χ0) is 42.4. The molecule has 0 aromatic heterocycles. The molecule has 0 rings (SSSR count). The first-order valence-corrected chi connectivity index (χ1v) is 28.8. The van der Waals surface area contributed by atoms with Gasteiger partial charge in [-0.1, -0.05) is 271 Å². The molecular formula is C53H109NO3S. The van der Waals surface area contributed by atoms with Crippen LogP contribution in [0.5, 0.6) is 0 Å². The Kier molecular flexibility index (Phi) is 46.3. The minimum atomic E-state index is -4.20. The molecule has 0 radical (unpaired) electrons. The van der Waals surface area contributed by atoms with Gasteiger partial charge in [-0.2, -0.15) is 0 Å². The molecule has 0 aliphatic rings. The van der Waals surface area contributed by atoms with E-state index in [0.29, 0.717) is 6.54 Å². The highest BCUT2D eigenvalue weighted by Crippen LogP contribution is 2.21. The summed E-state index contributed by atoms with van der Waals surface area (Å²) in [7, 11) is -4.20. The predicted molar refractivity (Wildman–Crippen MR) is 259 cm³/mol. The summed E-state index contributed by atoms with van der Waals surface area (Å²) in [6.07, 6.45) is 61.5. The molecule has 5 heteroatoms. The van der Waals surface area contributed by atoms with Gasteiger partial charge in [0.1, 0.15) is 10.1 Å². The number of quaternary nitrogens is 1. The van der Waals surface area contributed by atoms with Crippen molar-refractivity contribution in [3.05, 3.63) is 0 Å². The Morgan fingerprint density at radius 3 is 0.569 bits per heavy atom. The molecule has 0 aromatic rings. The van der Waals surface area contributed by atoms with E-state index >= 15 is 0 Å². The number of rotatable bonds is 51. The molecule has 0 N–H and O–H groups in total. The lowest BCUT2D eigenvalue weighted by molar-refractivity contribution is -0.926. The second-order valence-electron chi connectivity index (χ2n) is 19.3. The molecular weight excluding hydrogens is 731 g/mol. The first-order valence-electron chi connectivity index (χ1n) is 27.2. The van der Waals surface area contributed by atoms with Crippen molar-refractivity contribution in [1.82, 2.24) is 0 Å². The fourth-order valence-corrected chi connectivity index (χ4v) is 10.0. The lowest BCUT2D eigenvalue weighted by Gasteiger charge is -2.40. The molecule has 0 saturated heterocycles. The van der Waals surface area contributed by atoms with Gasteiger partial charge in [-0.3, -0.25) is 0 Å². The molecule has 0 spiro atoms. The molecule has 0 atom stereocenters. The van der Waals surface area contributed by atoms with E-state index < -0.39 is 10.1 Å². The summed E-state index contributed by atoms with van der Waals surface area (Å²) in [5.41, 5.74) is 0. The van der Waals surface area contributed by atoms with Gasteiger partial charge in [-0.15, -0.1) is 0 Å². The Morgan fingerprint density at radius 2 is 0.414 bits per heavy atom. The largest absolute Gasteiger partial charge is 0.748 e. The van der Waals surface area contributed by atoms with Crippen LogP contribution in [0, 0.1) is 0 Å². The highest BCUT2D eigenvalue weighted by Gasteiger charge is 2.27. The Bertz CT molecular complexity index is 793. The molecule has 350 valence electrons. The van der Waals surface area contributed by atoms with Gasteiger partial charge in [0, 0.05) is 0 Å². The van der Waals surface area contributed by atoms with Crippen LogP contribution in [0.1, 0.15) is 310 Å². The van der Waals surface area contributed by atoms with Crippen molar-refractivity contribution in [2.45, 2.75) is 310 Å². The van der Waals surface area contributed by atoms with Crippen molar-refractivity contribution < 1.29 is 17.5 Å². The quantitative estimate of drug-likeness (QED) is 0.0348. The molecule has 0 aliphatic carbocycles. The topological polar surface area (TPSA) is 57.2 Å². The molecule has 0 bridgehead atoms.